The molecule has 1 unspecified atom stereocenters. The third-order valence-electron chi connectivity index (χ3n) is 2.27. The molecule has 8 nitrogen and oxygen atoms in total. The van der Waals surface area contributed by atoms with Crippen LogP contribution in [-0.2, 0) is 37.4 Å². The Balaban J connectivity index is 2.53. The van der Waals surface area contributed by atoms with Crippen LogP contribution in [0.3, 0.4) is 0 Å². The molecule has 18 heavy (non-hydrogen) atoms. The predicted octanol–water partition coefficient (Wildman–Crippen LogP) is 0.134. The Morgan fingerprint density at radius 1 is 1.39 bits per heavy atom. The lowest BCUT2D eigenvalue weighted by molar-refractivity contribution is -0.146. The molecule has 1 aliphatic rings. The standard InChI is InChI=1S/C8H15O8PS/c1-13-17(10,14-2)5-8(9)16-7-3-4-15-18(11,12)6-7/h7H,3-6H2,1-2H3. The third kappa shape index (κ3) is 4.66. The van der Waals surface area contributed by atoms with E-state index in [0.717, 1.165) is 14.2 Å². The van der Waals surface area contributed by atoms with Crippen molar-refractivity contribution in [2.75, 3.05) is 32.7 Å². The molecule has 0 bridgehead atoms. The second-order valence-corrected chi connectivity index (χ2v) is 7.53. The van der Waals surface area contributed by atoms with E-state index in [0.29, 0.717) is 0 Å². The normalized spacial score (nSPS) is 23.6. The molecule has 106 valence electrons. The van der Waals surface area contributed by atoms with Gasteiger partial charge in [0.2, 0.25) is 0 Å². The van der Waals surface area contributed by atoms with Gasteiger partial charge in [-0.25, -0.2) is 0 Å². The maximum atomic E-state index is 11.6. The van der Waals surface area contributed by atoms with E-state index in [1.54, 1.807) is 0 Å². The van der Waals surface area contributed by atoms with Gasteiger partial charge in [0.1, 0.15) is 18.0 Å². The van der Waals surface area contributed by atoms with E-state index < -0.39 is 41.7 Å². The van der Waals surface area contributed by atoms with Crippen LogP contribution in [-0.4, -0.2) is 53.2 Å². The SMILES string of the molecule is COP(=O)(CC(=O)OC1CCOS(=O)(=O)C1)OC. The minimum absolute atomic E-state index is 0.0352. The lowest BCUT2D eigenvalue weighted by atomic mass is 10.3. The molecule has 0 aromatic carbocycles. The topological polar surface area (TPSA) is 105 Å². The monoisotopic (exact) mass is 302 g/mol. The minimum Gasteiger partial charge on any atom is -0.461 e. The summed E-state index contributed by atoms with van der Waals surface area (Å²) in [6.45, 7) is -0.0352. The molecule has 10 heteroatoms. The van der Waals surface area contributed by atoms with Crippen LogP contribution in [0.2, 0.25) is 0 Å². The average molecular weight is 302 g/mol. The van der Waals surface area contributed by atoms with Crippen molar-refractivity contribution in [2.45, 2.75) is 12.5 Å². The molecular weight excluding hydrogens is 287 g/mol. The van der Waals surface area contributed by atoms with Crippen LogP contribution in [0.1, 0.15) is 6.42 Å². The Kier molecular flexibility index (Phi) is 5.30. The third-order valence-corrected chi connectivity index (χ3v) is 5.33. The van der Waals surface area contributed by atoms with Crippen LogP contribution in [0.25, 0.3) is 0 Å². The average Bonchev–Trinajstić information content (AvgIpc) is 2.27. The quantitative estimate of drug-likeness (QED) is 0.401. The van der Waals surface area contributed by atoms with Crippen molar-refractivity contribution in [3.8, 4) is 0 Å². The highest BCUT2D eigenvalue weighted by atomic mass is 32.2. The first kappa shape index (κ1) is 15.6. The molecule has 0 aromatic rings. The van der Waals surface area contributed by atoms with E-state index >= 15 is 0 Å². The summed E-state index contributed by atoms with van der Waals surface area (Å²) in [5.74, 6) is -1.23. The molecule has 0 spiro atoms. The number of hydrogen-bond acceptors (Lipinski definition) is 8. The second-order valence-electron chi connectivity index (χ2n) is 3.58. The van der Waals surface area contributed by atoms with Crippen molar-refractivity contribution in [3.05, 3.63) is 0 Å². The van der Waals surface area contributed by atoms with E-state index in [-0.39, 0.29) is 13.0 Å². The summed E-state index contributed by atoms with van der Waals surface area (Å²) in [6.07, 6.45) is -1.08. The maximum Gasteiger partial charge on any atom is 0.341 e. The highest BCUT2D eigenvalue weighted by molar-refractivity contribution is 7.86. The summed E-state index contributed by atoms with van der Waals surface area (Å²) in [7, 11) is -4.83. The van der Waals surface area contributed by atoms with Gasteiger partial charge in [-0.3, -0.25) is 13.5 Å². The van der Waals surface area contributed by atoms with Gasteiger partial charge in [0.05, 0.1) is 6.61 Å². The first-order valence-electron chi connectivity index (χ1n) is 5.07. The molecule has 1 atom stereocenters. The summed E-state index contributed by atoms with van der Waals surface area (Å²) in [5, 5.41) is 0. The number of ether oxygens (including phenoxy) is 1. The van der Waals surface area contributed by atoms with E-state index in [1.165, 1.54) is 0 Å². The summed E-state index contributed by atoms with van der Waals surface area (Å²) in [5.41, 5.74) is 0. The van der Waals surface area contributed by atoms with Gasteiger partial charge >= 0.3 is 13.6 Å². The Labute approximate surface area is 105 Å². The zero-order chi connectivity index (χ0) is 13.8. The molecule has 0 aliphatic carbocycles. The molecule has 0 aromatic heterocycles. The van der Waals surface area contributed by atoms with Gasteiger partial charge in [0.15, 0.2) is 0 Å². The van der Waals surface area contributed by atoms with Gasteiger partial charge in [-0.2, -0.15) is 8.42 Å². The van der Waals surface area contributed by atoms with Crippen LogP contribution in [0.4, 0.5) is 0 Å². The molecule has 0 radical (unpaired) electrons. The van der Waals surface area contributed by atoms with Crippen molar-refractivity contribution < 1.29 is 35.7 Å². The van der Waals surface area contributed by atoms with Crippen LogP contribution in [0.15, 0.2) is 0 Å². The molecular formula is C8H15O8PS. The smallest absolute Gasteiger partial charge is 0.341 e. The molecule has 1 fully saturated rings. The highest BCUT2D eigenvalue weighted by Gasteiger charge is 2.32. The summed E-state index contributed by atoms with van der Waals surface area (Å²) >= 11 is 0. The fourth-order valence-corrected chi connectivity index (χ4v) is 3.28. The fourth-order valence-electron chi connectivity index (χ4n) is 1.34. The number of hydrogen-bond donors (Lipinski definition) is 0. The first-order valence-corrected chi connectivity index (χ1v) is 8.38. The van der Waals surface area contributed by atoms with Gasteiger partial charge in [-0.1, -0.05) is 0 Å². The second kappa shape index (κ2) is 6.12. The van der Waals surface area contributed by atoms with E-state index in [1.807, 2.05) is 0 Å². The van der Waals surface area contributed by atoms with Crippen molar-refractivity contribution in [3.63, 3.8) is 0 Å². The highest BCUT2D eigenvalue weighted by Crippen LogP contribution is 2.46. The van der Waals surface area contributed by atoms with Gasteiger partial charge in [0.25, 0.3) is 10.1 Å². The van der Waals surface area contributed by atoms with Crippen LogP contribution in [0, 0.1) is 0 Å². The Hall–Kier alpha value is -0.470. The van der Waals surface area contributed by atoms with Gasteiger partial charge < -0.3 is 13.8 Å². The van der Waals surface area contributed by atoms with Crippen molar-refractivity contribution in [1.29, 1.82) is 0 Å². The maximum absolute atomic E-state index is 11.6. The minimum atomic E-state index is -3.64. The Bertz CT molecular complexity index is 436. The number of esters is 1. The summed E-state index contributed by atoms with van der Waals surface area (Å²) in [6, 6.07) is 0. The van der Waals surface area contributed by atoms with E-state index in [4.69, 9.17) is 4.74 Å². The first-order chi connectivity index (χ1) is 8.30. The largest absolute Gasteiger partial charge is 0.461 e. The molecule has 1 aliphatic heterocycles. The lowest BCUT2D eigenvalue weighted by Crippen LogP contribution is -2.34. The van der Waals surface area contributed by atoms with Crippen LogP contribution in [0.5, 0.6) is 0 Å². The molecule has 1 rings (SSSR count). The van der Waals surface area contributed by atoms with Gasteiger partial charge in [0, 0.05) is 20.6 Å². The number of rotatable bonds is 5. The van der Waals surface area contributed by atoms with Crippen molar-refractivity contribution >= 4 is 23.7 Å². The number of carbonyl (C=O) groups is 1. The fraction of sp³-hybridized carbons (Fsp3) is 0.875. The molecule has 0 saturated carbocycles. The van der Waals surface area contributed by atoms with Gasteiger partial charge in [-0.15, -0.1) is 0 Å². The van der Waals surface area contributed by atoms with Crippen LogP contribution >= 0.6 is 7.60 Å². The van der Waals surface area contributed by atoms with Crippen molar-refractivity contribution in [2.24, 2.45) is 0 Å². The predicted molar refractivity (Wildman–Crippen MR) is 60.7 cm³/mol. The van der Waals surface area contributed by atoms with E-state index in [2.05, 4.69) is 13.2 Å². The Morgan fingerprint density at radius 2 is 2.00 bits per heavy atom. The molecule has 0 N–H and O–H groups in total. The summed E-state index contributed by atoms with van der Waals surface area (Å²) in [4.78, 5) is 11.5. The molecule has 0 amide bonds. The lowest BCUT2D eigenvalue weighted by Gasteiger charge is -2.22. The summed E-state index contributed by atoms with van der Waals surface area (Å²) < 4.78 is 52.4. The van der Waals surface area contributed by atoms with E-state index in [9.17, 15) is 17.8 Å². The molecule has 1 heterocycles. The zero-order valence-electron chi connectivity index (χ0n) is 10.0. The van der Waals surface area contributed by atoms with Crippen molar-refractivity contribution in [1.82, 2.24) is 0 Å². The van der Waals surface area contributed by atoms with Gasteiger partial charge in [-0.05, 0) is 0 Å². The zero-order valence-corrected chi connectivity index (χ0v) is 11.7. The van der Waals surface area contributed by atoms with Crippen LogP contribution < -0.4 is 0 Å². The Morgan fingerprint density at radius 3 is 2.50 bits per heavy atom. The molecule has 1 saturated heterocycles. The number of carbonyl (C=O) groups excluding carboxylic acids is 1.